The fourth-order valence-electron chi connectivity index (χ4n) is 6.10. The van der Waals surface area contributed by atoms with Crippen molar-refractivity contribution in [3.63, 3.8) is 0 Å². The highest BCUT2D eigenvalue weighted by atomic mass is 19.1. The van der Waals surface area contributed by atoms with E-state index >= 15 is 0 Å². The van der Waals surface area contributed by atoms with E-state index in [0.717, 1.165) is 31.7 Å². The lowest BCUT2D eigenvalue weighted by Crippen LogP contribution is -2.54. The molecule has 200 valence electrons. The van der Waals surface area contributed by atoms with E-state index in [0.29, 0.717) is 37.4 Å². The second-order valence-corrected chi connectivity index (χ2v) is 10.6. The average molecular weight is 521 g/mol. The summed E-state index contributed by atoms with van der Waals surface area (Å²) in [6.07, 6.45) is 10.3. The van der Waals surface area contributed by atoms with Crippen LogP contribution in [-0.4, -0.2) is 46.9 Å². The molecule has 1 saturated heterocycles. The predicted octanol–water partition coefficient (Wildman–Crippen LogP) is 4.87. The Bertz CT molecular complexity index is 1300. The normalized spacial score (nSPS) is 21.7. The van der Waals surface area contributed by atoms with Crippen LogP contribution < -0.4 is 11.1 Å². The smallest absolute Gasteiger partial charge is 0.246 e. The van der Waals surface area contributed by atoms with Crippen LogP contribution in [-0.2, 0) is 9.59 Å². The molecule has 38 heavy (non-hydrogen) atoms. The van der Waals surface area contributed by atoms with Gasteiger partial charge < -0.3 is 20.9 Å². The molecule has 1 unspecified atom stereocenters. The van der Waals surface area contributed by atoms with E-state index in [2.05, 4.69) is 34.7 Å². The van der Waals surface area contributed by atoms with Crippen molar-refractivity contribution >= 4 is 28.8 Å². The Hall–Kier alpha value is -3.52. The van der Waals surface area contributed by atoms with Gasteiger partial charge in [-0.25, -0.2) is 8.78 Å². The van der Waals surface area contributed by atoms with Crippen molar-refractivity contribution in [3.8, 4) is 0 Å². The quantitative estimate of drug-likeness (QED) is 0.388. The number of carbonyl (C=O) groups excluding carboxylic acids is 2. The van der Waals surface area contributed by atoms with Crippen LogP contribution in [0, 0.1) is 17.6 Å². The number of nitrogens with two attached hydrogens (primary N) is 1. The molecule has 0 radical (unpaired) electrons. The number of aromatic amines is 1. The molecule has 2 aromatic carbocycles. The zero-order chi connectivity index (χ0) is 26.6. The second-order valence-electron chi connectivity index (χ2n) is 10.6. The first-order valence-electron chi connectivity index (χ1n) is 13.4. The Morgan fingerprint density at radius 3 is 2.37 bits per heavy atom. The minimum atomic E-state index is -0.686. The Morgan fingerprint density at radius 2 is 1.68 bits per heavy atom. The summed E-state index contributed by atoms with van der Waals surface area (Å²) in [6, 6.07) is 11.4. The van der Waals surface area contributed by atoms with Gasteiger partial charge in [0.1, 0.15) is 11.6 Å². The molecule has 0 bridgehead atoms. The number of rotatable bonds is 7. The predicted molar refractivity (Wildman–Crippen MR) is 144 cm³/mol. The maximum absolute atomic E-state index is 13.4. The Labute approximate surface area is 221 Å². The van der Waals surface area contributed by atoms with E-state index in [-0.39, 0.29) is 23.8 Å². The molecule has 1 aliphatic carbocycles. The third-order valence-electron chi connectivity index (χ3n) is 8.14. The molecule has 1 aliphatic heterocycles. The number of carbonyl (C=O) groups is 2. The molecule has 6 nitrogen and oxygen atoms in total. The van der Waals surface area contributed by atoms with Crippen molar-refractivity contribution < 1.29 is 18.4 Å². The first kappa shape index (κ1) is 26.1. The maximum Gasteiger partial charge on any atom is 0.246 e. The Morgan fingerprint density at radius 1 is 1.00 bits per heavy atom. The van der Waals surface area contributed by atoms with Gasteiger partial charge in [-0.2, -0.15) is 0 Å². The lowest BCUT2D eigenvalue weighted by atomic mass is 9.80. The number of likely N-dealkylation sites (tertiary alicyclic amines) is 1. The van der Waals surface area contributed by atoms with Gasteiger partial charge in [-0.3, -0.25) is 9.59 Å². The lowest BCUT2D eigenvalue weighted by molar-refractivity contribution is -0.128. The summed E-state index contributed by atoms with van der Waals surface area (Å²) in [6.45, 7) is 1.01. The van der Waals surface area contributed by atoms with E-state index in [1.54, 1.807) is 4.90 Å². The summed E-state index contributed by atoms with van der Waals surface area (Å²) in [7, 11) is 0. The van der Waals surface area contributed by atoms with Crippen molar-refractivity contribution in [1.82, 2.24) is 15.2 Å². The molecule has 2 aliphatic rings. The van der Waals surface area contributed by atoms with Crippen LogP contribution in [0.1, 0.15) is 55.6 Å². The number of piperidine rings is 1. The summed E-state index contributed by atoms with van der Waals surface area (Å²) in [5.41, 5.74) is 8.66. The van der Waals surface area contributed by atoms with Gasteiger partial charge in [0.15, 0.2) is 0 Å². The van der Waals surface area contributed by atoms with Crippen LogP contribution in [0.3, 0.4) is 0 Å². The van der Waals surface area contributed by atoms with Gasteiger partial charge in [-0.1, -0.05) is 18.2 Å². The van der Waals surface area contributed by atoms with Gasteiger partial charge in [0.25, 0.3) is 0 Å². The molecule has 4 N–H and O–H groups in total. The fourth-order valence-corrected chi connectivity index (χ4v) is 6.10. The van der Waals surface area contributed by atoms with E-state index in [4.69, 9.17) is 5.73 Å². The topological polar surface area (TPSA) is 91.2 Å². The zero-order valence-corrected chi connectivity index (χ0v) is 21.3. The van der Waals surface area contributed by atoms with Crippen LogP contribution in [0.25, 0.3) is 17.0 Å². The molecule has 2 heterocycles. The van der Waals surface area contributed by atoms with Gasteiger partial charge in [-0.15, -0.1) is 0 Å². The van der Waals surface area contributed by atoms with Crippen LogP contribution in [0.2, 0.25) is 0 Å². The van der Waals surface area contributed by atoms with E-state index in [9.17, 15) is 18.4 Å². The molecule has 8 heteroatoms. The summed E-state index contributed by atoms with van der Waals surface area (Å²) >= 11 is 0. The number of amides is 2. The number of fused-ring (bicyclic) bond motifs is 1. The van der Waals surface area contributed by atoms with E-state index in [1.807, 2.05) is 6.07 Å². The summed E-state index contributed by atoms with van der Waals surface area (Å²) in [5, 5.41) is 4.85. The molecule has 2 amide bonds. The third kappa shape index (κ3) is 5.96. The summed E-state index contributed by atoms with van der Waals surface area (Å²) in [5.74, 6) is -1.37. The minimum absolute atomic E-state index is 0.0594. The standard InChI is InChI=1S/C30H34F2N4O2/c31-22-15-19(16-23(32)17-22)5-10-28(37)36-13-11-21(12-14-36)29(30(33)38)35-24-8-6-20(7-9-24)26-18-34-27-4-2-1-3-25(26)27/h1-5,10,15-18,20-21,24,29,34-35H,6-9,11-14H2,(H2,33,38)/b10-5+. The molecule has 0 spiro atoms. The van der Waals surface area contributed by atoms with Crippen molar-refractivity contribution in [2.45, 2.75) is 56.5 Å². The minimum Gasteiger partial charge on any atom is -0.368 e. The third-order valence-corrected chi connectivity index (χ3v) is 8.14. The number of para-hydroxylation sites is 1. The van der Waals surface area contributed by atoms with Crippen molar-refractivity contribution in [1.29, 1.82) is 0 Å². The SMILES string of the molecule is NC(=O)C(NC1CCC(c2c[nH]c3ccccc23)CC1)C1CCN(C(=O)/C=C/c2cc(F)cc(F)c2)CC1. The van der Waals surface area contributed by atoms with Crippen molar-refractivity contribution in [2.24, 2.45) is 11.7 Å². The second kappa shape index (κ2) is 11.5. The molecule has 5 rings (SSSR count). The van der Waals surface area contributed by atoms with Gasteiger partial charge in [-0.05, 0) is 85.8 Å². The van der Waals surface area contributed by atoms with Crippen molar-refractivity contribution in [2.75, 3.05) is 13.1 Å². The Balaban J connectivity index is 1.12. The number of hydrogen-bond donors (Lipinski definition) is 3. The molecule has 2 fully saturated rings. The molecule has 1 saturated carbocycles. The van der Waals surface area contributed by atoms with Gasteiger partial charge >= 0.3 is 0 Å². The van der Waals surface area contributed by atoms with Crippen LogP contribution in [0.15, 0.2) is 54.7 Å². The monoisotopic (exact) mass is 520 g/mol. The van der Waals surface area contributed by atoms with Crippen LogP contribution in [0.4, 0.5) is 8.78 Å². The number of nitrogens with zero attached hydrogens (tertiary/aromatic N) is 1. The number of hydrogen-bond acceptors (Lipinski definition) is 3. The summed E-state index contributed by atoms with van der Waals surface area (Å²) < 4.78 is 26.8. The van der Waals surface area contributed by atoms with E-state index in [1.165, 1.54) is 40.8 Å². The van der Waals surface area contributed by atoms with Gasteiger partial charge in [0.05, 0.1) is 6.04 Å². The number of halogens is 2. The summed E-state index contributed by atoms with van der Waals surface area (Å²) in [4.78, 5) is 30.1. The fraction of sp³-hybridized carbons (Fsp3) is 0.400. The van der Waals surface area contributed by atoms with Crippen LogP contribution in [0.5, 0.6) is 0 Å². The zero-order valence-electron chi connectivity index (χ0n) is 21.3. The largest absolute Gasteiger partial charge is 0.368 e. The number of benzene rings is 2. The molecular weight excluding hydrogens is 486 g/mol. The highest BCUT2D eigenvalue weighted by Crippen LogP contribution is 2.37. The van der Waals surface area contributed by atoms with Crippen molar-refractivity contribution in [3.05, 3.63) is 77.5 Å². The molecular formula is C30H34F2N4O2. The number of H-pyrrole nitrogens is 1. The average Bonchev–Trinajstić information content (AvgIpc) is 3.34. The number of primary amides is 1. The maximum atomic E-state index is 13.4. The molecule has 1 aromatic heterocycles. The van der Waals surface area contributed by atoms with E-state index < -0.39 is 17.7 Å². The molecule has 3 aromatic rings. The van der Waals surface area contributed by atoms with Gasteiger partial charge in [0, 0.05) is 48.4 Å². The highest BCUT2D eigenvalue weighted by molar-refractivity contribution is 5.92. The number of aromatic nitrogens is 1. The first-order chi connectivity index (χ1) is 18.4. The van der Waals surface area contributed by atoms with Gasteiger partial charge in [0.2, 0.25) is 11.8 Å². The van der Waals surface area contributed by atoms with Crippen LogP contribution >= 0.6 is 0 Å². The number of nitrogens with one attached hydrogen (secondary N) is 2. The Kier molecular flexibility index (Phi) is 7.88. The first-order valence-corrected chi connectivity index (χ1v) is 13.4. The molecule has 1 atom stereocenters. The lowest BCUT2D eigenvalue weighted by Gasteiger charge is -2.38. The highest BCUT2D eigenvalue weighted by Gasteiger charge is 2.34.